The molecular weight excluding hydrogens is 374 g/mol. The number of unbranched alkanes of at least 4 members (excludes halogenated alkanes) is 1. The van der Waals surface area contributed by atoms with Crippen molar-refractivity contribution in [3.05, 3.63) is 29.8 Å². The fourth-order valence-corrected chi connectivity index (χ4v) is 4.21. The van der Waals surface area contributed by atoms with Gasteiger partial charge in [0.1, 0.15) is 0 Å². The lowest BCUT2D eigenvalue weighted by Crippen LogP contribution is -2.20. The fraction of sp³-hybridized carbons (Fsp3) is 0.583. The van der Waals surface area contributed by atoms with E-state index in [1.165, 1.54) is 31.7 Å². The van der Waals surface area contributed by atoms with Gasteiger partial charge >= 0.3 is 0 Å². The average Bonchev–Trinajstić information content (AvgIpc) is 2.72. The number of hydrogen-bond acceptors (Lipinski definition) is 3. The first-order chi connectivity index (χ1) is 14.0. The molecule has 0 bridgehead atoms. The maximum absolute atomic E-state index is 14.7. The first-order valence-electron chi connectivity index (χ1n) is 10.9. The lowest BCUT2D eigenvalue weighted by atomic mass is 9.80. The van der Waals surface area contributed by atoms with Gasteiger partial charge in [-0.25, -0.2) is 4.39 Å². The van der Waals surface area contributed by atoms with E-state index in [0.29, 0.717) is 24.5 Å². The van der Waals surface area contributed by atoms with E-state index in [0.717, 1.165) is 31.6 Å². The highest BCUT2D eigenvalue weighted by atomic mass is 19.2. The van der Waals surface area contributed by atoms with Crippen molar-refractivity contribution in [3.63, 3.8) is 0 Å². The zero-order chi connectivity index (χ0) is 20.8. The van der Waals surface area contributed by atoms with Crippen LogP contribution in [0.3, 0.4) is 0 Å². The van der Waals surface area contributed by atoms with Crippen LogP contribution in [0.5, 0.6) is 17.2 Å². The van der Waals surface area contributed by atoms with Gasteiger partial charge in [0.15, 0.2) is 23.1 Å². The van der Waals surface area contributed by atoms with Gasteiger partial charge in [-0.15, -0.1) is 0 Å². The van der Waals surface area contributed by atoms with E-state index in [1.807, 2.05) is 6.92 Å². The number of fused-ring (bicyclic) bond motifs is 1. The predicted octanol–water partition coefficient (Wildman–Crippen LogP) is 6.99. The third-order valence-electron chi connectivity index (χ3n) is 5.98. The lowest BCUT2D eigenvalue weighted by Gasteiger charge is -2.28. The molecule has 3 nitrogen and oxygen atoms in total. The Balaban J connectivity index is 1.71. The zero-order valence-electron chi connectivity index (χ0n) is 17.5. The van der Waals surface area contributed by atoms with Crippen LogP contribution in [0.1, 0.15) is 65.2 Å². The van der Waals surface area contributed by atoms with Crippen LogP contribution in [0.15, 0.2) is 18.2 Å². The monoisotopic (exact) mass is 406 g/mol. The Hall–Kier alpha value is -2.04. The van der Waals surface area contributed by atoms with E-state index < -0.39 is 11.6 Å². The molecule has 1 aliphatic carbocycles. The van der Waals surface area contributed by atoms with Crippen LogP contribution in [0, 0.1) is 23.5 Å². The molecule has 1 aliphatic rings. The van der Waals surface area contributed by atoms with Crippen LogP contribution in [0.2, 0.25) is 0 Å². The molecule has 0 unspecified atom stereocenters. The maximum atomic E-state index is 14.7. The first kappa shape index (κ1) is 21.7. The molecular formula is C24H32F2O3. The van der Waals surface area contributed by atoms with Crippen molar-refractivity contribution in [3.8, 4) is 17.2 Å². The van der Waals surface area contributed by atoms with Crippen molar-refractivity contribution in [2.24, 2.45) is 11.8 Å². The van der Waals surface area contributed by atoms with Gasteiger partial charge in [0.25, 0.3) is 0 Å². The van der Waals surface area contributed by atoms with Crippen LogP contribution in [0.25, 0.3) is 10.8 Å². The molecule has 29 heavy (non-hydrogen) atoms. The Kier molecular flexibility index (Phi) is 7.57. The number of phenolic OH excluding ortho intramolecular Hbond substituents is 1. The molecule has 1 N–H and O–H groups in total. The van der Waals surface area contributed by atoms with Crippen LogP contribution in [0.4, 0.5) is 8.78 Å². The van der Waals surface area contributed by atoms with Crippen molar-refractivity contribution < 1.29 is 23.4 Å². The molecule has 2 aromatic rings. The smallest absolute Gasteiger partial charge is 0.201 e. The van der Waals surface area contributed by atoms with Crippen LogP contribution in [-0.4, -0.2) is 18.3 Å². The van der Waals surface area contributed by atoms with E-state index >= 15 is 0 Å². The summed E-state index contributed by atoms with van der Waals surface area (Å²) in [5.74, 6) is -1.27. The molecule has 0 aromatic heterocycles. The summed E-state index contributed by atoms with van der Waals surface area (Å²) in [6.45, 7) is 5.05. The van der Waals surface area contributed by atoms with Crippen LogP contribution >= 0.6 is 0 Å². The van der Waals surface area contributed by atoms with Crippen molar-refractivity contribution in [1.29, 1.82) is 0 Å². The SMILES string of the molecule is CCCCOc1ccc2cc(OCC3CCC(CCC)CC3)c(F)c(F)c2c1O. The lowest BCUT2D eigenvalue weighted by molar-refractivity contribution is 0.173. The van der Waals surface area contributed by atoms with Crippen molar-refractivity contribution >= 4 is 10.8 Å². The number of hydrogen-bond donors (Lipinski definition) is 1. The van der Waals surface area contributed by atoms with Crippen molar-refractivity contribution in [1.82, 2.24) is 0 Å². The minimum atomic E-state index is -1.09. The van der Waals surface area contributed by atoms with Crippen molar-refractivity contribution in [2.75, 3.05) is 13.2 Å². The highest BCUT2D eigenvalue weighted by molar-refractivity contribution is 5.92. The molecule has 0 saturated heterocycles. The summed E-state index contributed by atoms with van der Waals surface area (Å²) in [6.07, 6.45) is 8.76. The number of rotatable bonds is 9. The Bertz CT molecular complexity index is 814. The van der Waals surface area contributed by atoms with Crippen LogP contribution < -0.4 is 9.47 Å². The molecule has 1 saturated carbocycles. The minimum absolute atomic E-state index is 0.0928. The number of halogens is 2. The van der Waals surface area contributed by atoms with Crippen LogP contribution in [-0.2, 0) is 0 Å². The quantitative estimate of drug-likeness (QED) is 0.456. The van der Waals surface area contributed by atoms with Gasteiger partial charge in [-0.05, 0) is 48.6 Å². The minimum Gasteiger partial charge on any atom is -0.504 e. The second-order valence-corrected chi connectivity index (χ2v) is 8.20. The Morgan fingerprint density at radius 2 is 1.66 bits per heavy atom. The maximum Gasteiger partial charge on any atom is 0.201 e. The van der Waals surface area contributed by atoms with E-state index in [2.05, 4.69) is 6.92 Å². The average molecular weight is 407 g/mol. The Labute approximate surface area is 172 Å². The summed E-state index contributed by atoms with van der Waals surface area (Å²) >= 11 is 0. The fourth-order valence-electron chi connectivity index (χ4n) is 4.21. The van der Waals surface area contributed by atoms with Gasteiger partial charge in [-0.3, -0.25) is 0 Å². The molecule has 0 atom stereocenters. The highest BCUT2D eigenvalue weighted by Crippen LogP contribution is 2.40. The van der Waals surface area contributed by atoms with E-state index in [1.54, 1.807) is 12.1 Å². The third-order valence-corrected chi connectivity index (χ3v) is 5.98. The highest BCUT2D eigenvalue weighted by Gasteiger charge is 2.23. The number of ether oxygens (including phenoxy) is 2. The summed E-state index contributed by atoms with van der Waals surface area (Å²) in [4.78, 5) is 0. The summed E-state index contributed by atoms with van der Waals surface area (Å²) in [5.41, 5.74) is 0. The summed E-state index contributed by atoms with van der Waals surface area (Å²) in [5, 5.41) is 10.6. The first-order valence-corrected chi connectivity index (χ1v) is 10.9. The molecule has 1 fully saturated rings. The molecule has 160 valence electrons. The Morgan fingerprint density at radius 1 is 0.931 bits per heavy atom. The standard InChI is InChI=1S/C24H32F2O3/c1-3-5-13-28-19-12-11-18-14-20(22(25)23(26)21(18)24(19)27)29-15-17-9-7-16(6-4-2)8-10-17/h11-12,14,16-17,27H,3-10,13,15H2,1-2H3. The van der Waals surface area contributed by atoms with Gasteiger partial charge in [-0.2, -0.15) is 4.39 Å². The summed E-state index contributed by atoms with van der Waals surface area (Å²) < 4.78 is 40.5. The molecule has 0 heterocycles. The van der Waals surface area contributed by atoms with Gasteiger partial charge in [0.2, 0.25) is 5.82 Å². The molecule has 5 heteroatoms. The molecule has 0 amide bonds. The predicted molar refractivity (Wildman–Crippen MR) is 112 cm³/mol. The van der Waals surface area contributed by atoms with Crippen molar-refractivity contribution in [2.45, 2.75) is 65.2 Å². The zero-order valence-corrected chi connectivity index (χ0v) is 17.5. The van der Waals surface area contributed by atoms with Gasteiger partial charge < -0.3 is 14.6 Å². The molecule has 2 aromatic carbocycles. The molecule has 0 spiro atoms. The summed E-state index contributed by atoms with van der Waals surface area (Å²) in [7, 11) is 0. The number of aromatic hydroxyl groups is 1. The van der Waals surface area contributed by atoms with Gasteiger partial charge in [0, 0.05) is 0 Å². The van der Waals surface area contributed by atoms with Gasteiger partial charge in [-0.1, -0.05) is 52.0 Å². The van der Waals surface area contributed by atoms with E-state index in [4.69, 9.17) is 9.47 Å². The largest absolute Gasteiger partial charge is 0.504 e. The third kappa shape index (κ3) is 5.12. The Morgan fingerprint density at radius 3 is 2.34 bits per heavy atom. The molecule has 0 aliphatic heterocycles. The molecule has 3 rings (SSSR count). The second-order valence-electron chi connectivity index (χ2n) is 8.20. The van der Waals surface area contributed by atoms with Gasteiger partial charge in [0.05, 0.1) is 18.6 Å². The van der Waals surface area contributed by atoms with E-state index in [9.17, 15) is 13.9 Å². The normalized spacial score (nSPS) is 19.4. The summed E-state index contributed by atoms with van der Waals surface area (Å²) in [6, 6.07) is 4.68. The molecule has 0 radical (unpaired) electrons. The van der Waals surface area contributed by atoms with E-state index in [-0.39, 0.29) is 22.6 Å². The number of benzene rings is 2. The second kappa shape index (κ2) is 10.1. The topological polar surface area (TPSA) is 38.7 Å². The number of phenols is 1.